The summed E-state index contributed by atoms with van der Waals surface area (Å²) in [7, 11) is 0. The minimum atomic E-state index is -0.693. The molecule has 0 saturated heterocycles. The van der Waals surface area contributed by atoms with Crippen LogP contribution < -0.4 is 0 Å². The van der Waals surface area contributed by atoms with Crippen LogP contribution in [0.5, 0.6) is 0 Å². The van der Waals surface area contributed by atoms with Crippen LogP contribution in [0.2, 0.25) is 0 Å². The fourth-order valence-corrected chi connectivity index (χ4v) is 2.64. The summed E-state index contributed by atoms with van der Waals surface area (Å²) < 4.78 is 0. The van der Waals surface area contributed by atoms with Gasteiger partial charge in [0.05, 0.1) is 12.2 Å². The molecule has 0 heterocycles. The minimum Gasteiger partial charge on any atom is -0.393 e. The summed E-state index contributed by atoms with van der Waals surface area (Å²) in [6.07, 6.45) is 24.1. The highest BCUT2D eigenvalue weighted by molar-refractivity contribution is 5.49. The number of aliphatic hydroxyl groups excluding tert-OH is 2. The average molecular weight is 351 g/mol. The van der Waals surface area contributed by atoms with Crippen LogP contribution in [-0.4, -0.2) is 28.7 Å². The maximum atomic E-state index is 10.3. The highest BCUT2D eigenvalue weighted by Gasteiger charge is 2.10. The maximum absolute atomic E-state index is 10.3. The molecule has 0 aromatic rings. The van der Waals surface area contributed by atoms with Gasteiger partial charge in [0.2, 0.25) is 0 Å². The number of hydrogen-bond acceptors (Lipinski definition) is 3. The Kier molecular flexibility index (Phi) is 18.2. The summed E-state index contributed by atoms with van der Waals surface area (Å²) in [5.74, 6) is 0. The molecule has 0 fully saturated rings. The van der Waals surface area contributed by atoms with Crippen LogP contribution in [0.4, 0.5) is 0 Å². The molecule has 0 aliphatic carbocycles. The van der Waals surface area contributed by atoms with Crippen molar-refractivity contribution in [3.63, 3.8) is 0 Å². The van der Waals surface area contributed by atoms with Gasteiger partial charge < -0.3 is 15.0 Å². The van der Waals surface area contributed by atoms with Crippen molar-refractivity contribution in [2.24, 2.45) is 0 Å². The number of unbranched alkanes of at least 4 members (excludes halogenated alkanes) is 5. The molecule has 0 radical (unpaired) electrons. The molecule has 25 heavy (non-hydrogen) atoms. The molecule has 0 rings (SSSR count). The smallest absolute Gasteiger partial charge is 0.122 e. The second kappa shape index (κ2) is 19.1. The van der Waals surface area contributed by atoms with Gasteiger partial charge in [-0.2, -0.15) is 0 Å². The summed E-state index contributed by atoms with van der Waals surface area (Å²) in [6.45, 7) is 2.15. The average Bonchev–Trinajstić information content (AvgIpc) is 2.58. The first-order valence-corrected chi connectivity index (χ1v) is 9.95. The fraction of sp³-hybridized carbons (Fsp3) is 0.682. The predicted molar refractivity (Wildman–Crippen MR) is 107 cm³/mol. The second-order valence-electron chi connectivity index (χ2n) is 6.58. The summed E-state index contributed by atoms with van der Waals surface area (Å²) >= 11 is 0. The van der Waals surface area contributed by atoms with Crippen LogP contribution in [0.25, 0.3) is 0 Å². The first-order chi connectivity index (χ1) is 12.2. The van der Waals surface area contributed by atoms with E-state index in [9.17, 15) is 15.0 Å². The van der Waals surface area contributed by atoms with Gasteiger partial charge in [0.25, 0.3) is 0 Å². The molecule has 0 aromatic heterocycles. The Labute approximate surface area is 154 Å². The van der Waals surface area contributed by atoms with E-state index in [0.717, 1.165) is 44.9 Å². The third-order valence-electron chi connectivity index (χ3n) is 4.10. The maximum Gasteiger partial charge on any atom is 0.122 e. The molecule has 3 nitrogen and oxygen atoms in total. The standard InChI is InChI=1S/C22H38O3/c1-2-3-4-5-6-7-8-9-10-11-12-13-14-15-16-17-21(24)20-22(25)18-19-23/h3-4,6-7,9-10,19,21-22,24-25H,2,5,8,11-18,20H2,1H3/b4-3-,7-6-,10-9-/t21-,22+/m1/s1. The van der Waals surface area contributed by atoms with E-state index in [2.05, 4.69) is 43.4 Å². The van der Waals surface area contributed by atoms with E-state index >= 15 is 0 Å². The van der Waals surface area contributed by atoms with Crippen molar-refractivity contribution in [3.8, 4) is 0 Å². The van der Waals surface area contributed by atoms with E-state index in [1.54, 1.807) is 0 Å². The van der Waals surface area contributed by atoms with E-state index in [4.69, 9.17) is 0 Å². The lowest BCUT2D eigenvalue weighted by atomic mass is 10.0. The van der Waals surface area contributed by atoms with Crippen molar-refractivity contribution >= 4 is 6.29 Å². The largest absolute Gasteiger partial charge is 0.393 e. The highest BCUT2D eigenvalue weighted by Crippen LogP contribution is 2.12. The van der Waals surface area contributed by atoms with Crippen molar-refractivity contribution < 1.29 is 15.0 Å². The number of aliphatic hydroxyl groups is 2. The number of carbonyl (C=O) groups excluding carboxylic acids is 1. The number of rotatable bonds is 17. The Bertz CT molecular complexity index is 371. The molecule has 0 aliphatic rings. The molecule has 0 aliphatic heterocycles. The number of allylic oxidation sites excluding steroid dienone is 6. The third-order valence-corrected chi connectivity index (χ3v) is 4.10. The first-order valence-electron chi connectivity index (χ1n) is 9.95. The molecule has 144 valence electrons. The highest BCUT2D eigenvalue weighted by atomic mass is 16.3. The molecule has 0 bridgehead atoms. The zero-order chi connectivity index (χ0) is 18.6. The zero-order valence-electron chi connectivity index (χ0n) is 16.0. The van der Waals surface area contributed by atoms with Crippen molar-refractivity contribution in [2.45, 2.75) is 96.2 Å². The molecular weight excluding hydrogens is 312 g/mol. The minimum absolute atomic E-state index is 0.121. The topological polar surface area (TPSA) is 57.5 Å². The number of hydrogen-bond donors (Lipinski definition) is 2. The number of aldehydes is 1. The Morgan fingerprint density at radius 2 is 1.36 bits per heavy atom. The number of carbonyl (C=O) groups is 1. The van der Waals surface area contributed by atoms with Gasteiger partial charge in [0, 0.05) is 6.42 Å². The SMILES string of the molecule is CC/C=C\C/C=C\C/C=C\CCCCCCC[C@@H](O)C[C@@H](O)CC=O. The van der Waals surface area contributed by atoms with Gasteiger partial charge in [-0.1, -0.05) is 69.1 Å². The molecule has 0 unspecified atom stereocenters. The van der Waals surface area contributed by atoms with E-state index in [-0.39, 0.29) is 6.42 Å². The second-order valence-corrected chi connectivity index (χ2v) is 6.58. The van der Waals surface area contributed by atoms with Gasteiger partial charge in [0.1, 0.15) is 6.29 Å². The lowest BCUT2D eigenvalue weighted by molar-refractivity contribution is -0.109. The fourth-order valence-electron chi connectivity index (χ4n) is 2.64. The van der Waals surface area contributed by atoms with E-state index < -0.39 is 12.2 Å². The molecule has 0 amide bonds. The summed E-state index contributed by atoms with van der Waals surface area (Å²) in [5, 5.41) is 19.2. The van der Waals surface area contributed by atoms with Crippen LogP contribution in [0.3, 0.4) is 0 Å². The van der Waals surface area contributed by atoms with Gasteiger partial charge in [-0.15, -0.1) is 0 Å². The van der Waals surface area contributed by atoms with Crippen LogP contribution in [0.15, 0.2) is 36.5 Å². The van der Waals surface area contributed by atoms with Crippen LogP contribution in [0, 0.1) is 0 Å². The van der Waals surface area contributed by atoms with Gasteiger partial charge >= 0.3 is 0 Å². The van der Waals surface area contributed by atoms with Crippen molar-refractivity contribution in [3.05, 3.63) is 36.5 Å². The Morgan fingerprint density at radius 3 is 2.04 bits per heavy atom. The van der Waals surface area contributed by atoms with Gasteiger partial charge in [-0.05, 0) is 44.9 Å². The van der Waals surface area contributed by atoms with Crippen molar-refractivity contribution in [1.82, 2.24) is 0 Å². The lowest BCUT2D eigenvalue weighted by Crippen LogP contribution is -2.17. The molecule has 2 atom stereocenters. The van der Waals surface area contributed by atoms with Gasteiger partial charge in [0.15, 0.2) is 0 Å². The van der Waals surface area contributed by atoms with E-state index in [1.807, 2.05) is 0 Å². The molecule has 0 aromatic carbocycles. The summed E-state index contributed by atoms with van der Waals surface area (Å²) in [4.78, 5) is 10.3. The van der Waals surface area contributed by atoms with Crippen LogP contribution in [0.1, 0.15) is 84.0 Å². The Hall–Kier alpha value is -1.19. The summed E-state index contributed by atoms with van der Waals surface area (Å²) in [5.41, 5.74) is 0. The Balaban J connectivity index is 3.36. The molecule has 0 spiro atoms. The molecule has 3 heteroatoms. The monoisotopic (exact) mass is 350 g/mol. The third kappa shape index (κ3) is 19.0. The quantitative estimate of drug-likeness (QED) is 0.213. The van der Waals surface area contributed by atoms with Gasteiger partial charge in [-0.25, -0.2) is 0 Å². The van der Waals surface area contributed by atoms with E-state index in [1.165, 1.54) is 19.3 Å². The van der Waals surface area contributed by atoms with E-state index in [0.29, 0.717) is 12.7 Å². The summed E-state index contributed by atoms with van der Waals surface area (Å²) in [6, 6.07) is 0. The normalized spacial score (nSPS) is 14.7. The predicted octanol–water partition coefficient (Wildman–Crippen LogP) is 5.28. The molecule has 2 N–H and O–H groups in total. The van der Waals surface area contributed by atoms with Gasteiger partial charge in [-0.3, -0.25) is 0 Å². The first kappa shape index (κ1) is 23.8. The van der Waals surface area contributed by atoms with Crippen molar-refractivity contribution in [1.29, 1.82) is 0 Å². The molecular formula is C22H38O3. The lowest BCUT2D eigenvalue weighted by Gasteiger charge is -2.13. The Morgan fingerprint density at radius 1 is 0.760 bits per heavy atom. The molecule has 0 saturated carbocycles. The van der Waals surface area contributed by atoms with Crippen molar-refractivity contribution in [2.75, 3.05) is 0 Å². The zero-order valence-corrected chi connectivity index (χ0v) is 16.0. The van der Waals surface area contributed by atoms with Crippen LogP contribution >= 0.6 is 0 Å². The van der Waals surface area contributed by atoms with Crippen LogP contribution in [-0.2, 0) is 4.79 Å².